The Bertz CT molecular complexity index is 570. The summed E-state index contributed by atoms with van der Waals surface area (Å²) in [6, 6.07) is 3.26. The van der Waals surface area contributed by atoms with Crippen LogP contribution in [0.2, 0.25) is 10.0 Å². The van der Waals surface area contributed by atoms with Gasteiger partial charge in [0.1, 0.15) is 5.52 Å². The number of hydrogen-bond donors (Lipinski definition) is 1. The van der Waals surface area contributed by atoms with E-state index in [4.69, 9.17) is 38.1 Å². The average Bonchev–Trinajstić information content (AvgIpc) is 2.83. The summed E-state index contributed by atoms with van der Waals surface area (Å²) < 4.78 is 10.9. The van der Waals surface area contributed by atoms with Crippen molar-refractivity contribution in [2.75, 3.05) is 13.2 Å². The summed E-state index contributed by atoms with van der Waals surface area (Å²) in [4.78, 5) is 4.37. The van der Waals surface area contributed by atoms with Gasteiger partial charge in [0.05, 0.1) is 24.2 Å². The molecule has 1 aliphatic rings. The van der Waals surface area contributed by atoms with Gasteiger partial charge in [0, 0.05) is 11.1 Å². The van der Waals surface area contributed by atoms with Crippen LogP contribution in [0.15, 0.2) is 16.5 Å². The normalized spacial score (nSPS) is 24.6. The molecule has 0 spiro atoms. The molecule has 0 bridgehead atoms. The van der Waals surface area contributed by atoms with E-state index in [0.717, 1.165) is 0 Å². The molecule has 1 aromatic heterocycles. The van der Waals surface area contributed by atoms with E-state index in [1.54, 1.807) is 12.1 Å². The topological polar surface area (TPSA) is 61.3 Å². The minimum atomic E-state index is -0.0858. The quantitative estimate of drug-likeness (QED) is 0.867. The number of rotatable bonds is 1. The number of aromatic nitrogens is 1. The highest BCUT2D eigenvalue weighted by molar-refractivity contribution is 6.37. The Kier molecular flexibility index (Phi) is 2.75. The number of nitrogens with two attached hydrogens (primary N) is 1. The predicted octanol–water partition coefficient (Wildman–Crippen LogP) is 2.58. The molecule has 0 aliphatic carbocycles. The number of oxazole rings is 1. The van der Waals surface area contributed by atoms with Gasteiger partial charge in [-0.1, -0.05) is 23.2 Å². The molecule has 2 heterocycles. The van der Waals surface area contributed by atoms with E-state index in [1.807, 2.05) is 0 Å². The van der Waals surface area contributed by atoms with E-state index in [2.05, 4.69) is 4.98 Å². The van der Waals surface area contributed by atoms with Crippen LogP contribution in [0.5, 0.6) is 0 Å². The molecule has 2 atom stereocenters. The van der Waals surface area contributed by atoms with Gasteiger partial charge in [-0.15, -0.1) is 0 Å². The largest absolute Gasteiger partial charge is 0.439 e. The van der Waals surface area contributed by atoms with E-state index in [1.165, 1.54) is 0 Å². The Morgan fingerprint density at radius 3 is 2.82 bits per heavy atom. The van der Waals surface area contributed by atoms with Gasteiger partial charge in [0.25, 0.3) is 0 Å². The van der Waals surface area contributed by atoms with Crippen molar-refractivity contribution in [1.29, 1.82) is 0 Å². The van der Waals surface area contributed by atoms with Crippen LogP contribution in [0, 0.1) is 0 Å². The van der Waals surface area contributed by atoms with Crippen molar-refractivity contribution >= 4 is 34.3 Å². The van der Waals surface area contributed by atoms with E-state index < -0.39 is 0 Å². The molecule has 0 saturated carbocycles. The standard InChI is InChI=1S/C11H10Cl2N2O2/c12-5-1-7(13)10-9(2-5)15-11(17-10)6-3-16-4-8(6)14/h1-2,6,8H,3-4,14H2. The SMILES string of the molecule is NC1COCC1c1nc2cc(Cl)cc(Cl)c2o1. The predicted molar refractivity (Wildman–Crippen MR) is 65.6 cm³/mol. The summed E-state index contributed by atoms with van der Waals surface area (Å²) >= 11 is 11.9. The molecule has 1 fully saturated rings. The molecule has 2 aromatic rings. The lowest BCUT2D eigenvalue weighted by Gasteiger charge is -2.07. The molecular formula is C11H10Cl2N2O2. The lowest BCUT2D eigenvalue weighted by molar-refractivity contribution is 0.188. The maximum Gasteiger partial charge on any atom is 0.202 e. The zero-order chi connectivity index (χ0) is 12.0. The zero-order valence-corrected chi connectivity index (χ0v) is 10.3. The second-order valence-electron chi connectivity index (χ2n) is 4.10. The van der Waals surface area contributed by atoms with Crippen molar-refractivity contribution in [3.8, 4) is 0 Å². The molecule has 2 N–H and O–H groups in total. The fourth-order valence-corrected chi connectivity index (χ4v) is 2.48. The minimum Gasteiger partial charge on any atom is -0.439 e. The first-order valence-corrected chi connectivity index (χ1v) is 5.99. The summed E-state index contributed by atoms with van der Waals surface area (Å²) in [5.74, 6) is 0.548. The Morgan fingerprint density at radius 2 is 2.12 bits per heavy atom. The first-order valence-electron chi connectivity index (χ1n) is 5.24. The molecule has 2 unspecified atom stereocenters. The second kappa shape index (κ2) is 4.14. The first kappa shape index (κ1) is 11.3. The molecule has 1 aromatic carbocycles. The van der Waals surface area contributed by atoms with Crippen LogP contribution in [-0.4, -0.2) is 24.2 Å². The number of benzene rings is 1. The lowest BCUT2D eigenvalue weighted by Crippen LogP contribution is -2.26. The number of hydrogen-bond acceptors (Lipinski definition) is 4. The molecule has 3 rings (SSSR count). The molecule has 17 heavy (non-hydrogen) atoms. The Labute approximate surface area is 108 Å². The van der Waals surface area contributed by atoms with Crippen molar-refractivity contribution < 1.29 is 9.15 Å². The molecule has 6 heteroatoms. The van der Waals surface area contributed by atoms with E-state index >= 15 is 0 Å². The third kappa shape index (κ3) is 1.91. The van der Waals surface area contributed by atoms with Gasteiger partial charge in [-0.25, -0.2) is 4.98 Å². The third-order valence-electron chi connectivity index (χ3n) is 2.87. The Hall–Kier alpha value is -0.810. The smallest absolute Gasteiger partial charge is 0.202 e. The Morgan fingerprint density at radius 1 is 1.29 bits per heavy atom. The summed E-state index contributed by atoms with van der Waals surface area (Å²) in [5.41, 5.74) is 7.11. The lowest BCUT2D eigenvalue weighted by atomic mass is 10.1. The van der Waals surface area contributed by atoms with Crippen LogP contribution in [-0.2, 0) is 4.74 Å². The van der Waals surface area contributed by atoms with E-state index in [9.17, 15) is 0 Å². The Balaban J connectivity index is 2.10. The van der Waals surface area contributed by atoms with Crippen LogP contribution in [0.4, 0.5) is 0 Å². The highest BCUT2D eigenvalue weighted by atomic mass is 35.5. The molecule has 0 amide bonds. The van der Waals surface area contributed by atoms with Crippen LogP contribution in [0.3, 0.4) is 0 Å². The van der Waals surface area contributed by atoms with Crippen molar-refractivity contribution in [2.24, 2.45) is 5.73 Å². The summed E-state index contributed by atoms with van der Waals surface area (Å²) in [6.45, 7) is 1.05. The number of fused-ring (bicyclic) bond motifs is 1. The maximum absolute atomic E-state index is 6.04. The van der Waals surface area contributed by atoms with E-state index in [-0.39, 0.29) is 12.0 Å². The second-order valence-corrected chi connectivity index (χ2v) is 4.94. The fourth-order valence-electron chi connectivity index (χ4n) is 1.96. The fraction of sp³-hybridized carbons (Fsp3) is 0.364. The number of nitrogens with zero attached hydrogens (tertiary/aromatic N) is 1. The van der Waals surface area contributed by atoms with Crippen molar-refractivity contribution in [3.63, 3.8) is 0 Å². The average molecular weight is 273 g/mol. The zero-order valence-electron chi connectivity index (χ0n) is 8.82. The molecule has 1 aliphatic heterocycles. The van der Waals surface area contributed by atoms with E-state index in [0.29, 0.717) is 40.2 Å². The van der Waals surface area contributed by atoms with Gasteiger partial charge in [-0.2, -0.15) is 0 Å². The summed E-state index contributed by atoms with van der Waals surface area (Å²) in [5, 5.41) is 0.994. The molecule has 4 nitrogen and oxygen atoms in total. The van der Waals surface area contributed by atoms with Gasteiger partial charge in [-0.05, 0) is 12.1 Å². The van der Waals surface area contributed by atoms with Crippen LogP contribution in [0.25, 0.3) is 11.1 Å². The minimum absolute atomic E-state index is 0.0164. The highest BCUT2D eigenvalue weighted by Crippen LogP contribution is 2.32. The molecular weight excluding hydrogens is 263 g/mol. The van der Waals surface area contributed by atoms with Gasteiger partial charge in [0.2, 0.25) is 5.89 Å². The summed E-state index contributed by atoms with van der Waals surface area (Å²) in [6.07, 6.45) is 0. The monoisotopic (exact) mass is 272 g/mol. The van der Waals surface area contributed by atoms with Crippen molar-refractivity contribution in [3.05, 3.63) is 28.1 Å². The molecule has 0 radical (unpaired) electrons. The third-order valence-corrected chi connectivity index (χ3v) is 3.37. The van der Waals surface area contributed by atoms with Crippen LogP contribution < -0.4 is 5.73 Å². The van der Waals surface area contributed by atoms with Gasteiger partial charge in [0.15, 0.2) is 5.58 Å². The van der Waals surface area contributed by atoms with Gasteiger partial charge < -0.3 is 14.9 Å². The maximum atomic E-state index is 6.04. The highest BCUT2D eigenvalue weighted by Gasteiger charge is 2.31. The van der Waals surface area contributed by atoms with Crippen LogP contribution >= 0.6 is 23.2 Å². The summed E-state index contributed by atoms with van der Waals surface area (Å²) in [7, 11) is 0. The number of ether oxygens (including phenoxy) is 1. The number of halogens is 2. The van der Waals surface area contributed by atoms with Crippen molar-refractivity contribution in [2.45, 2.75) is 12.0 Å². The first-order chi connectivity index (χ1) is 8.15. The van der Waals surface area contributed by atoms with Crippen molar-refractivity contribution in [1.82, 2.24) is 4.98 Å². The molecule has 1 saturated heterocycles. The van der Waals surface area contributed by atoms with Gasteiger partial charge in [-0.3, -0.25) is 0 Å². The van der Waals surface area contributed by atoms with Gasteiger partial charge >= 0.3 is 0 Å². The molecule has 90 valence electrons. The van der Waals surface area contributed by atoms with Crippen LogP contribution in [0.1, 0.15) is 11.8 Å².